The minimum Gasteiger partial charge on any atom is -0.318 e. The molecular weight excluding hydrogens is 438 g/mol. The van der Waals surface area contributed by atoms with Crippen LogP contribution in [0.25, 0.3) is 17.3 Å². The number of rotatable bonds is 4. The lowest BCUT2D eigenvalue weighted by Gasteiger charge is -2.10. The van der Waals surface area contributed by atoms with Crippen molar-refractivity contribution in [2.75, 3.05) is 0 Å². The summed E-state index contributed by atoms with van der Waals surface area (Å²) in [5.74, 6) is 0. The molecule has 0 aliphatic rings. The van der Waals surface area contributed by atoms with Crippen molar-refractivity contribution in [2.24, 2.45) is 5.14 Å². The largest absolute Gasteiger partial charge is 0.318 e. The second-order valence-electron chi connectivity index (χ2n) is 6.38. The summed E-state index contributed by atoms with van der Waals surface area (Å²) in [5.41, 5.74) is 5.06. The summed E-state index contributed by atoms with van der Waals surface area (Å²) in [6, 6.07) is 18.3. The van der Waals surface area contributed by atoms with Gasteiger partial charge in [0.1, 0.15) is 0 Å². The molecule has 0 saturated heterocycles. The highest BCUT2D eigenvalue weighted by molar-refractivity contribution is 9.10. The molecular formula is C21H18BrN3O2S. The number of benzene rings is 2. The van der Waals surface area contributed by atoms with Crippen LogP contribution in [0.2, 0.25) is 0 Å². The summed E-state index contributed by atoms with van der Waals surface area (Å²) in [6.07, 6.45) is 1.86. The monoisotopic (exact) mass is 455 g/mol. The number of nitrogens with zero attached hydrogens (tertiary/aromatic N) is 2. The molecule has 28 heavy (non-hydrogen) atoms. The average molecular weight is 456 g/mol. The highest BCUT2D eigenvalue weighted by Gasteiger charge is 2.13. The molecule has 0 fully saturated rings. The molecule has 0 bridgehead atoms. The third kappa shape index (κ3) is 4.09. The molecule has 0 aliphatic heterocycles. The summed E-state index contributed by atoms with van der Waals surface area (Å²) >= 11 is 3.43. The van der Waals surface area contributed by atoms with Gasteiger partial charge in [0.2, 0.25) is 10.0 Å². The number of aromatic nitrogens is 1. The number of hydrogen-bond acceptors (Lipinski definition) is 3. The van der Waals surface area contributed by atoms with Gasteiger partial charge < -0.3 is 4.57 Å². The Hall–Kier alpha value is -2.66. The fourth-order valence-corrected chi connectivity index (χ4v) is 4.02. The molecule has 3 rings (SSSR count). The van der Waals surface area contributed by atoms with E-state index in [2.05, 4.69) is 22.0 Å². The van der Waals surface area contributed by atoms with E-state index in [0.717, 1.165) is 32.7 Å². The number of halogens is 1. The van der Waals surface area contributed by atoms with Crippen LogP contribution in [-0.2, 0) is 10.0 Å². The van der Waals surface area contributed by atoms with E-state index in [4.69, 9.17) is 5.14 Å². The first kappa shape index (κ1) is 20.1. The van der Waals surface area contributed by atoms with Gasteiger partial charge in [-0.25, -0.2) is 13.6 Å². The average Bonchev–Trinajstić information content (AvgIpc) is 2.92. The highest BCUT2D eigenvalue weighted by Crippen LogP contribution is 2.26. The molecule has 0 atom stereocenters. The van der Waals surface area contributed by atoms with Gasteiger partial charge in [0.25, 0.3) is 0 Å². The maximum Gasteiger partial charge on any atom is 0.238 e. The molecule has 2 N–H and O–H groups in total. The maximum absolute atomic E-state index is 11.5. The van der Waals surface area contributed by atoms with Gasteiger partial charge in [0.15, 0.2) is 0 Å². The van der Waals surface area contributed by atoms with Crippen molar-refractivity contribution < 1.29 is 8.42 Å². The zero-order valence-electron chi connectivity index (χ0n) is 15.3. The van der Waals surface area contributed by atoms with E-state index < -0.39 is 10.0 Å². The Labute approximate surface area is 172 Å². The van der Waals surface area contributed by atoms with Crippen LogP contribution >= 0.6 is 15.9 Å². The van der Waals surface area contributed by atoms with Crippen molar-refractivity contribution in [1.82, 2.24) is 4.57 Å². The number of sulfonamides is 1. The molecule has 142 valence electrons. The van der Waals surface area contributed by atoms with Gasteiger partial charge in [-0.3, -0.25) is 0 Å². The predicted molar refractivity (Wildman–Crippen MR) is 114 cm³/mol. The Morgan fingerprint density at radius 3 is 2.39 bits per heavy atom. The molecule has 0 saturated carbocycles. The third-order valence-corrected chi connectivity index (χ3v) is 5.87. The summed E-state index contributed by atoms with van der Waals surface area (Å²) in [7, 11) is -3.73. The lowest BCUT2D eigenvalue weighted by atomic mass is 10.0. The zero-order chi connectivity index (χ0) is 20.5. The number of aryl methyl sites for hydroxylation is 1. The van der Waals surface area contributed by atoms with Gasteiger partial charge in [0.05, 0.1) is 16.5 Å². The third-order valence-electron chi connectivity index (χ3n) is 4.45. The molecule has 0 amide bonds. The predicted octanol–water partition coefficient (Wildman–Crippen LogP) is 4.57. The summed E-state index contributed by atoms with van der Waals surface area (Å²) in [4.78, 5) is 0.0697. The van der Waals surface area contributed by atoms with Crippen LogP contribution in [0.5, 0.6) is 0 Å². The Bertz CT molecular complexity index is 1220. The number of hydrogen-bond donors (Lipinski definition) is 1. The molecule has 1 aromatic heterocycles. The van der Waals surface area contributed by atoms with Gasteiger partial charge in [-0.05, 0) is 73.5 Å². The standard InChI is InChI=1S/C21H18BrN3O2S/c1-14-10-17(11-18(13-23)16-4-3-5-19(22)12-16)15(2)25(14)20-6-8-21(9-7-20)28(24,26)27/h3-12H,1-2H3,(H2,24,26,27). The Kier molecular flexibility index (Phi) is 5.57. The van der Waals surface area contributed by atoms with Crippen molar-refractivity contribution in [3.63, 3.8) is 0 Å². The fraction of sp³-hybridized carbons (Fsp3) is 0.0952. The number of allylic oxidation sites excluding steroid dienone is 1. The van der Waals surface area contributed by atoms with Crippen LogP contribution in [-0.4, -0.2) is 13.0 Å². The van der Waals surface area contributed by atoms with Crippen molar-refractivity contribution in [3.05, 3.63) is 81.6 Å². The van der Waals surface area contributed by atoms with Crippen LogP contribution in [0, 0.1) is 25.2 Å². The van der Waals surface area contributed by atoms with Crippen molar-refractivity contribution in [3.8, 4) is 11.8 Å². The zero-order valence-corrected chi connectivity index (χ0v) is 17.8. The molecule has 7 heteroatoms. The first-order chi connectivity index (χ1) is 13.2. The van der Waals surface area contributed by atoms with Gasteiger partial charge in [0, 0.05) is 21.5 Å². The first-order valence-corrected chi connectivity index (χ1v) is 10.7. The van der Waals surface area contributed by atoms with Crippen molar-refractivity contribution in [2.45, 2.75) is 18.7 Å². The second-order valence-corrected chi connectivity index (χ2v) is 8.86. The summed E-state index contributed by atoms with van der Waals surface area (Å²) < 4.78 is 25.8. The van der Waals surface area contributed by atoms with Gasteiger partial charge in [-0.2, -0.15) is 5.26 Å². The Morgan fingerprint density at radius 1 is 1.14 bits per heavy atom. The normalized spacial score (nSPS) is 12.0. The minimum atomic E-state index is -3.73. The van der Waals surface area contributed by atoms with E-state index >= 15 is 0 Å². The smallest absolute Gasteiger partial charge is 0.238 e. The molecule has 2 aromatic carbocycles. The van der Waals surface area contributed by atoms with E-state index in [1.54, 1.807) is 12.1 Å². The van der Waals surface area contributed by atoms with Crippen molar-refractivity contribution in [1.29, 1.82) is 5.26 Å². The van der Waals surface area contributed by atoms with E-state index in [-0.39, 0.29) is 4.90 Å². The molecule has 0 unspecified atom stereocenters. The second kappa shape index (κ2) is 7.76. The Morgan fingerprint density at radius 2 is 1.82 bits per heavy atom. The van der Waals surface area contributed by atoms with Gasteiger partial charge in [-0.15, -0.1) is 0 Å². The van der Waals surface area contributed by atoms with Gasteiger partial charge in [-0.1, -0.05) is 28.1 Å². The molecule has 0 radical (unpaired) electrons. The van der Waals surface area contributed by atoms with E-state index in [1.165, 1.54) is 12.1 Å². The lowest BCUT2D eigenvalue weighted by Crippen LogP contribution is -2.12. The fourth-order valence-electron chi connectivity index (χ4n) is 3.11. The van der Waals surface area contributed by atoms with Crippen LogP contribution in [0.15, 0.2) is 64.0 Å². The first-order valence-electron chi connectivity index (χ1n) is 8.40. The molecule has 3 aromatic rings. The molecule has 0 aliphatic carbocycles. The topological polar surface area (TPSA) is 88.9 Å². The molecule has 0 spiro atoms. The van der Waals surface area contributed by atoms with E-state index in [0.29, 0.717) is 5.57 Å². The van der Waals surface area contributed by atoms with Crippen LogP contribution in [0.4, 0.5) is 0 Å². The van der Waals surface area contributed by atoms with E-state index in [9.17, 15) is 13.7 Å². The van der Waals surface area contributed by atoms with Crippen LogP contribution in [0.1, 0.15) is 22.5 Å². The lowest BCUT2D eigenvalue weighted by molar-refractivity contribution is 0.598. The number of nitriles is 1. The summed E-state index contributed by atoms with van der Waals surface area (Å²) in [5, 5.41) is 14.8. The molecule has 5 nitrogen and oxygen atoms in total. The maximum atomic E-state index is 11.5. The quantitative estimate of drug-likeness (QED) is 0.584. The molecule has 1 heterocycles. The SMILES string of the molecule is Cc1cc(C=C(C#N)c2cccc(Br)c2)c(C)n1-c1ccc(S(N)(=O)=O)cc1. The highest BCUT2D eigenvalue weighted by atomic mass is 79.9. The summed E-state index contributed by atoms with van der Waals surface area (Å²) in [6.45, 7) is 3.92. The Balaban J connectivity index is 2.06. The van der Waals surface area contributed by atoms with Crippen LogP contribution in [0.3, 0.4) is 0 Å². The van der Waals surface area contributed by atoms with Crippen molar-refractivity contribution >= 4 is 37.6 Å². The van der Waals surface area contributed by atoms with E-state index in [1.807, 2.05) is 54.8 Å². The van der Waals surface area contributed by atoms with Gasteiger partial charge >= 0.3 is 0 Å². The number of nitrogens with two attached hydrogens (primary N) is 1. The number of primary sulfonamides is 1. The minimum absolute atomic E-state index is 0.0697. The van der Waals surface area contributed by atoms with Crippen LogP contribution < -0.4 is 5.14 Å².